The molecule has 1 aliphatic rings. The van der Waals surface area contributed by atoms with Gasteiger partial charge in [-0.2, -0.15) is 0 Å². The average molecular weight is 253 g/mol. The van der Waals surface area contributed by atoms with Gasteiger partial charge in [-0.3, -0.25) is 0 Å². The number of aliphatic hydroxyl groups excluding tert-OH is 3. The molecule has 18 heavy (non-hydrogen) atoms. The number of aliphatic hydroxyl groups is 3. The van der Waals surface area contributed by atoms with Crippen LogP contribution in [-0.4, -0.2) is 45.8 Å². The maximum absolute atomic E-state index is 9.94. The van der Waals surface area contributed by atoms with Crippen molar-refractivity contribution in [2.24, 2.45) is 5.73 Å². The summed E-state index contributed by atoms with van der Waals surface area (Å²) in [6.45, 7) is 1.64. The first-order valence-corrected chi connectivity index (χ1v) is 6.02. The quantitative estimate of drug-likeness (QED) is 0.573. The van der Waals surface area contributed by atoms with Gasteiger partial charge in [-0.15, -0.1) is 0 Å². The van der Waals surface area contributed by atoms with E-state index in [4.69, 9.17) is 10.5 Å². The molecule has 2 rings (SSSR count). The normalized spacial score (nSPS) is 38.4. The van der Waals surface area contributed by atoms with E-state index in [1.54, 1.807) is 6.92 Å². The van der Waals surface area contributed by atoms with Gasteiger partial charge in [-0.05, 0) is 12.5 Å². The molecule has 0 unspecified atom stereocenters. The number of ether oxygens (including phenoxy) is 1. The Kier molecular flexibility index (Phi) is 3.99. The van der Waals surface area contributed by atoms with Crippen molar-refractivity contribution in [2.45, 2.75) is 43.5 Å². The summed E-state index contributed by atoms with van der Waals surface area (Å²) in [5.74, 6) is 0. The van der Waals surface area contributed by atoms with Gasteiger partial charge in [-0.1, -0.05) is 30.3 Å². The standard InChI is InChI=1S/C13H19NO4/c1-7-10(15)11(16)12(17)13(18-7)9(14)8-5-3-2-4-6-8/h2-7,9-13,15-17H,14H2,1H3/t7-,9+,10+,11+,12-,13-/m0/s1. The van der Waals surface area contributed by atoms with Crippen molar-refractivity contribution in [3.05, 3.63) is 35.9 Å². The van der Waals surface area contributed by atoms with Crippen LogP contribution < -0.4 is 5.73 Å². The Hall–Kier alpha value is -0.980. The fourth-order valence-corrected chi connectivity index (χ4v) is 2.24. The molecule has 6 atom stereocenters. The van der Waals surface area contributed by atoms with E-state index in [1.807, 2.05) is 30.3 Å². The van der Waals surface area contributed by atoms with E-state index in [1.165, 1.54) is 0 Å². The summed E-state index contributed by atoms with van der Waals surface area (Å²) in [7, 11) is 0. The van der Waals surface area contributed by atoms with Crippen LogP contribution in [0.5, 0.6) is 0 Å². The number of rotatable bonds is 2. The topological polar surface area (TPSA) is 95.9 Å². The lowest BCUT2D eigenvalue weighted by Gasteiger charge is -2.41. The molecular weight excluding hydrogens is 234 g/mol. The molecule has 1 fully saturated rings. The van der Waals surface area contributed by atoms with Gasteiger partial charge in [0.15, 0.2) is 0 Å². The highest BCUT2D eigenvalue weighted by Crippen LogP contribution is 2.28. The summed E-state index contributed by atoms with van der Waals surface area (Å²) in [6, 6.07) is 8.69. The number of nitrogens with two attached hydrogens (primary N) is 1. The van der Waals surface area contributed by atoms with Crippen molar-refractivity contribution in [3.63, 3.8) is 0 Å². The minimum Gasteiger partial charge on any atom is -0.388 e. The van der Waals surface area contributed by atoms with Crippen LogP contribution in [0.25, 0.3) is 0 Å². The summed E-state index contributed by atoms with van der Waals surface area (Å²) in [6.07, 6.45) is -4.84. The maximum Gasteiger partial charge on any atom is 0.111 e. The summed E-state index contributed by atoms with van der Waals surface area (Å²) >= 11 is 0. The first-order chi connectivity index (χ1) is 8.52. The largest absolute Gasteiger partial charge is 0.388 e. The molecule has 5 heteroatoms. The van der Waals surface area contributed by atoms with Crippen molar-refractivity contribution >= 4 is 0 Å². The third kappa shape index (κ3) is 2.41. The summed E-state index contributed by atoms with van der Waals surface area (Å²) < 4.78 is 5.51. The molecule has 5 N–H and O–H groups in total. The Morgan fingerprint density at radius 1 is 1.06 bits per heavy atom. The number of hydrogen-bond donors (Lipinski definition) is 4. The van der Waals surface area contributed by atoms with E-state index in [9.17, 15) is 15.3 Å². The van der Waals surface area contributed by atoms with Crippen molar-refractivity contribution < 1.29 is 20.1 Å². The van der Waals surface area contributed by atoms with E-state index in [-0.39, 0.29) is 0 Å². The van der Waals surface area contributed by atoms with Crippen molar-refractivity contribution in [3.8, 4) is 0 Å². The molecule has 0 spiro atoms. The monoisotopic (exact) mass is 253 g/mol. The van der Waals surface area contributed by atoms with Crippen molar-refractivity contribution in [1.82, 2.24) is 0 Å². The second kappa shape index (κ2) is 5.34. The van der Waals surface area contributed by atoms with Gasteiger partial charge in [0, 0.05) is 0 Å². The van der Waals surface area contributed by atoms with Gasteiger partial charge in [0.25, 0.3) is 0 Å². The molecule has 1 heterocycles. The minimum absolute atomic E-state index is 0.550. The third-order valence-corrected chi connectivity index (χ3v) is 3.43. The molecule has 0 bridgehead atoms. The number of hydrogen-bond acceptors (Lipinski definition) is 5. The molecule has 0 aromatic heterocycles. The second-order valence-corrected chi connectivity index (χ2v) is 4.71. The van der Waals surface area contributed by atoms with E-state index in [2.05, 4.69) is 0 Å². The summed E-state index contributed by atoms with van der Waals surface area (Å²) in [4.78, 5) is 0. The first kappa shape index (κ1) is 13.5. The summed E-state index contributed by atoms with van der Waals surface area (Å²) in [5.41, 5.74) is 6.87. The van der Waals surface area contributed by atoms with Crippen LogP contribution in [0.3, 0.4) is 0 Å². The molecule has 100 valence electrons. The van der Waals surface area contributed by atoms with Gasteiger partial charge in [0.2, 0.25) is 0 Å². The molecule has 1 aromatic carbocycles. The minimum atomic E-state index is -1.24. The SMILES string of the molecule is C[C@@H]1O[C@@H]([C@H](N)c2ccccc2)[C@@H](O)[C@H](O)[C@@H]1O. The Morgan fingerprint density at radius 2 is 1.67 bits per heavy atom. The van der Waals surface area contributed by atoms with Gasteiger partial charge in [0.05, 0.1) is 12.1 Å². The highest BCUT2D eigenvalue weighted by Gasteiger charge is 2.44. The zero-order valence-corrected chi connectivity index (χ0v) is 10.2. The van der Waals surface area contributed by atoms with E-state index in [0.29, 0.717) is 0 Å². The van der Waals surface area contributed by atoms with Gasteiger partial charge >= 0.3 is 0 Å². The van der Waals surface area contributed by atoms with Crippen LogP contribution in [0, 0.1) is 0 Å². The lowest BCUT2D eigenvalue weighted by atomic mass is 9.89. The average Bonchev–Trinajstić information content (AvgIpc) is 2.41. The molecule has 0 radical (unpaired) electrons. The maximum atomic E-state index is 9.94. The second-order valence-electron chi connectivity index (χ2n) is 4.71. The highest BCUT2D eigenvalue weighted by molar-refractivity contribution is 5.20. The fraction of sp³-hybridized carbons (Fsp3) is 0.538. The van der Waals surface area contributed by atoms with Crippen LogP contribution in [0.4, 0.5) is 0 Å². The lowest BCUT2D eigenvalue weighted by Crippen LogP contribution is -2.59. The number of benzene rings is 1. The van der Waals surface area contributed by atoms with Crippen LogP contribution in [0.15, 0.2) is 30.3 Å². The van der Waals surface area contributed by atoms with Crippen LogP contribution in [0.1, 0.15) is 18.5 Å². The van der Waals surface area contributed by atoms with Gasteiger partial charge in [0.1, 0.15) is 24.4 Å². The molecule has 1 saturated heterocycles. The molecule has 5 nitrogen and oxygen atoms in total. The molecule has 1 aliphatic heterocycles. The Labute approximate surface area is 106 Å². The summed E-state index contributed by atoms with van der Waals surface area (Å²) in [5, 5.41) is 29.3. The molecular formula is C13H19NO4. The van der Waals surface area contributed by atoms with E-state index >= 15 is 0 Å². The zero-order valence-electron chi connectivity index (χ0n) is 10.2. The van der Waals surface area contributed by atoms with Crippen LogP contribution in [0.2, 0.25) is 0 Å². The Morgan fingerprint density at radius 3 is 2.28 bits per heavy atom. The lowest BCUT2D eigenvalue weighted by molar-refractivity contribution is -0.222. The predicted molar refractivity (Wildman–Crippen MR) is 65.7 cm³/mol. The van der Waals surface area contributed by atoms with Crippen molar-refractivity contribution in [1.29, 1.82) is 0 Å². The highest BCUT2D eigenvalue weighted by atomic mass is 16.5. The molecule has 1 aromatic rings. The van der Waals surface area contributed by atoms with Gasteiger partial charge < -0.3 is 25.8 Å². The molecule has 0 amide bonds. The predicted octanol–water partition coefficient (Wildman–Crippen LogP) is -0.444. The zero-order chi connectivity index (χ0) is 13.3. The van der Waals surface area contributed by atoms with Gasteiger partial charge in [-0.25, -0.2) is 0 Å². The third-order valence-electron chi connectivity index (χ3n) is 3.43. The Bertz CT molecular complexity index is 386. The molecule has 0 saturated carbocycles. The first-order valence-electron chi connectivity index (χ1n) is 6.02. The van der Waals surface area contributed by atoms with Crippen LogP contribution >= 0.6 is 0 Å². The molecule has 0 aliphatic carbocycles. The van der Waals surface area contributed by atoms with E-state index in [0.717, 1.165) is 5.56 Å². The Balaban J connectivity index is 2.18. The fourth-order valence-electron chi connectivity index (χ4n) is 2.24. The van der Waals surface area contributed by atoms with E-state index < -0.39 is 36.6 Å². The van der Waals surface area contributed by atoms with Crippen molar-refractivity contribution in [2.75, 3.05) is 0 Å². The smallest absolute Gasteiger partial charge is 0.111 e. The van der Waals surface area contributed by atoms with Crippen LogP contribution in [-0.2, 0) is 4.74 Å².